The van der Waals surface area contributed by atoms with Crippen LogP contribution in [0.1, 0.15) is 30.9 Å². The number of carbonyl (C=O) groups is 1. The van der Waals surface area contributed by atoms with Gasteiger partial charge in [-0.3, -0.25) is 0 Å². The summed E-state index contributed by atoms with van der Waals surface area (Å²) in [5, 5.41) is 14.9. The van der Waals surface area contributed by atoms with Crippen LogP contribution in [0.25, 0.3) is 0 Å². The van der Waals surface area contributed by atoms with Crippen LogP contribution in [-0.4, -0.2) is 35.7 Å². The van der Waals surface area contributed by atoms with Gasteiger partial charge in [-0.15, -0.1) is 0 Å². The first-order valence-corrected chi connectivity index (χ1v) is 11.2. The van der Waals surface area contributed by atoms with E-state index in [0.717, 1.165) is 35.4 Å². The number of aliphatic hydroxyl groups is 1. The number of nitrogens with zero attached hydrogens (tertiary/aromatic N) is 1. The third-order valence-corrected chi connectivity index (χ3v) is 6.22. The molecule has 32 heavy (non-hydrogen) atoms. The summed E-state index contributed by atoms with van der Waals surface area (Å²) in [5.74, 6) is 0.800. The lowest BCUT2D eigenvalue weighted by molar-refractivity contribution is -0.00860. The van der Waals surface area contributed by atoms with Crippen molar-refractivity contribution in [2.24, 2.45) is 5.92 Å². The summed E-state index contributed by atoms with van der Waals surface area (Å²) in [4.78, 5) is 14.6. The maximum absolute atomic E-state index is 12.8. The van der Waals surface area contributed by atoms with Crippen LogP contribution in [0.4, 0.5) is 10.5 Å². The van der Waals surface area contributed by atoms with Crippen molar-refractivity contribution in [1.82, 2.24) is 4.90 Å². The molecule has 1 saturated heterocycles. The molecule has 2 N–H and O–H groups in total. The van der Waals surface area contributed by atoms with Gasteiger partial charge < -0.3 is 20.1 Å². The average Bonchev–Trinajstić information content (AvgIpc) is 2.86. The van der Waals surface area contributed by atoms with Gasteiger partial charge >= 0.3 is 6.03 Å². The van der Waals surface area contributed by atoms with Crippen molar-refractivity contribution in [2.75, 3.05) is 25.0 Å². The van der Waals surface area contributed by atoms with E-state index in [9.17, 15) is 9.90 Å². The number of benzene rings is 3. The van der Waals surface area contributed by atoms with E-state index in [4.69, 9.17) is 4.74 Å². The first-order valence-electron chi connectivity index (χ1n) is 11.2. The van der Waals surface area contributed by atoms with Crippen molar-refractivity contribution in [3.63, 3.8) is 0 Å². The summed E-state index contributed by atoms with van der Waals surface area (Å²) in [7, 11) is 0. The number of piperidine rings is 1. The minimum Gasteiger partial charge on any atom is -0.494 e. The molecule has 0 aromatic heterocycles. The number of hydrogen-bond donors (Lipinski definition) is 2. The molecular formula is C27H30N2O3. The Morgan fingerprint density at radius 1 is 0.938 bits per heavy atom. The van der Waals surface area contributed by atoms with E-state index in [2.05, 4.69) is 5.32 Å². The van der Waals surface area contributed by atoms with Gasteiger partial charge in [0.05, 0.1) is 6.61 Å². The summed E-state index contributed by atoms with van der Waals surface area (Å²) >= 11 is 0. The molecule has 0 atom stereocenters. The third kappa shape index (κ3) is 4.63. The van der Waals surface area contributed by atoms with Gasteiger partial charge in [0, 0.05) is 18.8 Å². The molecular weight excluding hydrogens is 400 g/mol. The lowest BCUT2D eigenvalue weighted by Crippen LogP contribution is -2.47. The lowest BCUT2D eigenvalue weighted by Gasteiger charge is -2.42. The molecule has 4 rings (SSSR count). The molecule has 1 heterocycles. The minimum atomic E-state index is -1.08. The molecule has 0 unspecified atom stereocenters. The van der Waals surface area contributed by atoms with Crippen LogP contribution in [0.2, 0.25) is 0 Å². The van der Waals surface area contributed by atoms with Crippen molar-refractivity contribution < 1.29 is 14.6 Å². The van der Waals surface area contributed by atoms with Gasteiger partial charge in [0.2, 0.25) is 0 Å². The molecule has 3 aromatic rings. The summed E-state index contributed by atoms with van der Waals surface area (Å²) in [6.07, 6.45) is 1.44. The van der Waals surface area contributed by atoms with Crippen LogP contribution in [0, 0.1) is 5.92 Å². The molecule has 0 aliphatic carbocycles. The molecule has 3 aromatic carbocycles. The van der Waals surface area contributed by atoms with Crippen molar-refractivity contribution in [3.05, 3.63) is 96.1 Å². The largest absolute Gasteiger partial charge is 0.494 e. The number of urea groups is 1. The molecule has 1 aliphatic rings. The van der Waals surface area contributed by atoms with Crippen LogP contribution in [0.15, 0.2) is 84.9 Å². The van der Waals surface area contributed by atoms with Crippen LogP contribution in [-0.2, 0) is 5.60 Å². The average molecular weight is 431 g/mol. The Hall–Kier alpha value is -3.31. The van der Waals surface area contributed by atoms with Gasteiger partial charge in [-0.05, 0) is 61.1 Å². The Morgan fingerprint density at radius 3 is 1.97 bits per heavy atom. The monoisotopic (exact) mass is 430 g/mol. The Labute approximate surface area is 189 Å². The van der Waals surface area contributed by atoms with Crippen molar-refractivity contribution >= 4 is 11.7 Å². The van der Waals surface area contributed by atoms with Crippen LogP contribution >= 0.6 is 0 Å². The molecule has 0 radical (unpaired) electrons. The van der Waals surface area contributed by atoms with Crippen molar-refractivity contribution in [1.29, 1.82) is 0 Å². The SMILES string of the molecule is CCOc1ccc(NC(=O)N2CCC(C(O)(c3ccccc3)c3ccccc3)CC2)cc1. The quantitative estimate of drug-likeness (QED) is 0.560. The minimum absolute atomic E-state index is 0.0156. The summed E-state index contributed by atoms with van der Waals surface area (Å²) in [6, 6.07) is 27.0. The molecule has 5 heteroatoms. The molecule has 0 saturated carbocycles. The van der Waals surface area contributed by atoms with Gasteiger partial charge in [-0.25, -0.2) is 4.79 Å². The van der Waals surface area contributed by atoms with Gasteiger partial charge in [-0.2, -0.15) is 0 Å². The predicted molar refractivity (Wildman–Crippen MR) is 127 cm³/mol. The third-order valence-electron chi connectivity index (χ3n) is 6.22. The zero-order chi connectivity index (χ0) is 22.4. The zero-order valence-corrected chi connectivity index (χ0v) is 18.4. The summed E-state index contributed by atoms with van der Waals surface area (Å²) < 4.78 is 5.45. The maximum Gasteiger partial charge on any atom is 0.321 e. The standard InChI is InChI=1S/C27H30N2O3/c1-2-32-25-15-13-24(14-16-25)28-26(30)29-19-17-23(18-20-29)27(31,21-9-5-3-6-10-21)22-11-7-4-8-12-22/h3-16,23,31H,2,17-20H2,1H3,(H,28,30). The molecule has 166 valence electrons. The normalized spacial score (nSPS) is 14.8. The number of rotatable bonds is 6. The second kappa shape index (κ2) is 9.88. The van der Waals surface area contributed by atoms with Gasteiger partial charge in [0.25, 0.3) is 0 Å². The van der Waals surface area contributed by atoms with E-state index in [0.29, 0.717) is 19.7 Å². The van der Waals surface area contributed by atoms with Gasteiger partial charge in [0.1, 0.15) is 11.4 Å². The fourth-order valence-corrected chi connectivity index (χ4v) is 4.53. The van der Waals surface area contributed by atoms with E-state index in [-0.39, 0.29) is 11.9 Å². The molecule has 2 amide bonds. The highest BCUT2D eigenvalue weighted by Crippen LogP contribution is 2.41. The number of nitrogens with one attached hydrogen (secondary N) is 1. The highest BCUT2D eigenvalue weighted by Gasteiger charge is 2.42. The van der Waals surface area contributed by atoms with E-state index >= 15 is 0 Å². The maximum atomic E-state index is 12.8. The fourth-order valence-electron chi connectivity index (χ4n) is 4.53. The molecule has 0 spiro atoms. The number of carbonyl (C=O) groups excluding carboxylic acids is 1. The predicted octanol–water partition coefficient (Wildman–Crippen LogP) is 5.27. The van der Waals surface area contributed by atoms with Gasteiger partial charge in [0.15, 0.2) is 0 Å². The highest BCUT2D eigenvalue weighted by molar-refractivity contribution is 5.89. The molecule has 0 bridgehead atoms. The zero-order valence-electron chi connectivity index (χ0n) is 18.4. The lowest BCUT2D eigenvalue weighted by atomic mass is 9.72. The fraction of sp³-hybridized carbons (Fsp3) is 0.296. The van der Waals surface area contributed by atoms with Crippen LogP contribution < -0.4 is 10.1 Å². The van der Waals surface area contributed by atoms with E-state index in [1.807, 2.05) is 96.8 Å². The second-order valence-corrected chi connectivity index (χ2v) is 8.15. The molecule has 1 fully saturated rings. The van der Waals surface area contributed by atoms with E-state index < -0.39 is 5.60 Å². The summed E-state index contributed by atoms with van der Waals surface area (Å²) in [6.45, 7) is 3.74. The van der Waals surface area contributed by atoms with E-state index in [1.165, 1.54) is 0 Å². The summed E-state index contributed by atoms with van der Waals surface area (Å²) in [5.41, 5.74) is 1.44. The topological polar surface area (TPSA) is 61.8 Å². The van der Waals surface area contributed by atoms with Crippen molar-refractivity contribution in [2.45, 2.75) is 25.4 Å². The van der Waals surface area contributed by atoms with E-state index in [1.54, 1.807) is 0 Å². The Morgan fingerprint density at radius 2 is 1.47 bits per heavy atom. The second-order valence-electron chi connectivity index (χ2n) is 8.15. The Bertz CT molecular complexity index is 959. The number of amides is 2. The number of ether oxygens (including phenoxy) is 1. The molecule has 5 nitrogen and oxygen atoms in total. The number of anilines is 1. The van der Waals surface area contributed by atoms with Crippen LogP contribution in [0.5, 0.6) is 5.75 Å². The highest BCUT2D eigenvalue weighted by atomic mass is 16.5. The Kier molecular flexibility index (Phi) is 6.76. The Balaban J connectivity index is 1.44. The molecule has 1 aliphatic heterocycles. The first-order chi connectivity index (χ1) is 15.6. The number of hydrogen-bond acceptors (Lipinski definition) is 3. The smallest absolute Gasteiger partial charge is 0.321 e. The first kappa shape index (κ1) is 21.9. The van der Waals surface area contributed by atoms with Gasteiger partial charge in [-0.1, -0.05) is 60.7 Å². The van der Waals surface area contributed by atoms with Crippen LogP contribution in [0.3, 0.4) is 0 Å². The number of likely N-dealkylation sites (tertiary alicyclic amines) is 1. The van der Waals surface area contributed by atoms with Crippen molar-refractivity contribution in [3.8, 4) is 5.75 Å².